The number of benzene rings is 1. The average Bonchev–Trinajstić information content (AvgIpc) is 2.45. The average molecular weight is 277 g/mol. The van der Waals surface area contributed by atoms with Crippen molar-refractivity contribution in [3.63, 3.8) is 0 Å². The van der Waals surface area contributed by atoms with Gasteiger partial charge in [0.25, 0.3) is 5.91 Å². The minimum atomic E-state index is -0.486. The van der Waals surface area contributed by atoms with Crippen LogP contribution in [0.1, 0.15) is 36.5 Å². The topological polar surface area (TPSA) is 81.6 Å². The molecule has 5 nitrogen and oxygen atoms in total. The van der Waals surface area contributed by atoms with Crippen LogP contribution in [-0.4, -0.2) is 31.7 Å². The van der Waals surface area contributed by atoms with E-state index in [1.165, 1.54) is 0 Å². The standard InChI is InChI=1S/C15H23N3O2/c1-2-8-20-12-4-3-7-18(10-12)11-5-6-14(16)13(9-11)15(17)19/h5-6,9,12H,2-4,7-8,10,16H2,1H3,(H2,17,19). The van der Waals surface area contributed by atoms with E-state index in [9.17, 15) is 4.79 Å². The molecule has 2 rings (SSSR count). The number of carbonyl (C=O) groups is 1. The molecule has 0 spiro atoms. The number of nitrogens with two attached hydrogens (primary N) is 2. The number of primary amides is 1. The number of amides is 1. The van der Waals surface area contributed by atoms with Crippen molar-refractivity contribution in [2.45, 2.75) is 32.3 Å². The summed E-state index contributed by atoms with van der Waals surface area (Å²) in [5.41, 5.74) is 12.9. The van der Waals surface area contributed by atoms with Gasteiger partial charge in [0, 0.05) is 31.1 Å². The Morgan fingerprint density at radius 3 is 3.00 bits per heavy atom. The molecule has 0 bridgehead atoms. The highest BCUT2D eigenvalue weighted by Crippen LogP contribution is 2.25. The number of anilines is 2. The van der Waals surface area contributed by atoms with Crippen molar-refractivity contribution >= 4 is 17.3 Å². The molecular formula is C15H23N3O2. The van der Waals surface area contributed by atoms with E-state index >= 15 is 0 Å². The molecule has 1 amide bonds. The molecule has 5 heteroatoms. The molecular weight excluding hydrogens is 254 g/mol. The van der Waals surface area contributed by atoms with Gasteiger partial charge in [0.15, 0.2) is 0 Å². The molecule has 1 aromatic rings. The zero-order valence-corrected chi connectivity index (χ0v) is 12.0. The molecule has 1 atom stereocenters. The van der Waals surface area contributed by atoms with Crippen LogP contribution in [0.3, 0.4) is 0 Å². The Morgan fingerprint density at radius 1 is 1.50 bits per heavy atom. The van der Waals surface area contributed by atoms with Crippen molar-refractivity contribution in [1.29, 1.82) is 0 Å². The molecule has 1 aromatic carbocycles. The number of carbonyl (C=O) groups excluding carboxylic acids is 1. The summed E-state index contributed by atoms with van der Waals surface area (Å²) < 4.78 is 5.83. The molecule has 1 fully saturated rings. The summed E-state index contributed by atoms with van der Waals surface area (Å²) in [5, 5.41) is 0. The van der Waals surface area contributed by atoms with Gasteiger partial charge in [-0.15, -0.1) is 0 Å². The Labute approximate surface area is 119 Å². The number of piperidine rings is 1. The third-order valence-corrected chi connectivity index (χ3v) is 3.60. The number of nitrogen functional groups attached to an aromatic ring is 1. The molecule has 0 aliphatic carbocycles. The lowest BCUT2D eigenvalue weighted by atomic mass is 10.1. The van der Waals surface area contributed by atoms with E-state index < -0.39 is 5.91 Å². The van der Waals surface area contributed by atoms with Crippen molar-refractivity contribution in [2.75, 3.05) is 30.3 Å². The van der Waals surface area contributed by atoms with Crippen LogP contribution in [0, 0.1) is 0 Å². The second-order valence-corrected chi connectivity index (χ2v) is 5.22. The summed E-state index contributed by atoms with van der Waals surface area (Å²) in [4.78, 5) is 13.6. The van der Waals surface area contributed by atoms with E-state index in [4.69, 9.17) is 16.2 Å². The monoisotopic (exact) mass is 277 g/mol. The lowest BCUT2D eigenvalue weighted by Gasteiger charge is -2.34. The van der Waals surface area contributed by atoms with Gasteiger partial charge < -0.3 is 21.1 Å². The van der Waals surface area contributed by atoms with Gasteiger partial charge in [-0.1, -0.05) is 6.92 Å². The number of hydrogen-bond acceptors (Lipinski definition) is 4. The highest BCUT2D eigenvalue weighted by molar-refractivity contribution is 5.99. The fourth-order valence-corrected chi connectivity index (χ4v) is 2.55. The summed E-state index contributed by atoms with van der Waals surface area (Å²) in [6.07, 6.45) is 3.47. The Balaban J connectivity index is 2.10. The third-order valence-electron chi connectivity index (χ3n) is 3.60. The lowest BCUT2D eigenvalue weighted by Crippen LogP contribution is -2.40. The maximum absolute atomic E-state index is 11.4. The molecule has 1 saturated heterocycles. The van der Waals surface area contributed by atoms with Gasteiger partial charge in [0.05, 0.1) is 11.7 Å². The molecule has 1 aliphatic heterocycles. The van der Waals surface area contributed by atoms with E-state index in [1.807, 2.05) is 6.07 Å². The second kappa shape index (κ2) is 6.61. The van der Waals surface area contributed by atoms with E-state index in [-0.39, 0.29) is 6.10 Å². The molecule has 1 unspecified atom stereocenters. The quantitative estimate of drug-likeness (QED) is 0.804. The summed E-state index contributed by atoms with van der Waals surface area (Å²) in [6.45, 7) is 4.72. The maximum atomic E-state index is 11.4. The smallest absolute Gasteiger partial charge is 0.250 e. The van der Waals surface area contributed by atoms with E-state index in [2.05, 4.69) is 11.8 Å². The fourth-order valence-electron chi connectivity index (χ4n) is 2.55. The van der Waals surface area contributed by atoms with Crippen LogP contribution < -0.4 is 16.4 Å². The minimum absolute atomic E-state index is 0.262. The van der Waals surface area contributed by atoms with Crippen molar-refractivity contribution in [3.05, 3.63) is 23.8 Å². The van der Waals surface area contributed by atoms with E-state index in [0.29, 0.717) is 11.3 Å². The molecule has 1 aliphatic rings. The molecule has 0 aromatic heterocycles. The van der Waals surface area contributed by atoms with Crippen LogP contribution in [-0.2, 0) is 4.74 Å². The first-order valence-corrected chi connectivity index (χ1v) is 7.17. The normalized spacial score (nSPS) is 19.1. The van der Waals surface area contributed by atoms with Crippen LogP contribution in [0.2, 0.25) is 0 Å². The molecule has 4 N–H and O–H groups in total. The highest BCUT2D eigenvalue weighted by Gasteiger charge is 2.21. The molecule has 0 saturated carbocycles. The Kier molecular flexibility index (Phi) is 4.84. The van der Waals surface area contributed by atoms with Crippen LogP contribution in [0.5, 0.6) is 0 Å². The summed E-state index contributed by atoms with van der Waals surface area (Å²) in [5.74, 6) is -0.486. The van der Waals surface area contributed by atoms with Crippen molar-refractivity contribution in [1.82, 2.24) is 0 Å². The van der Waals surface area contributed by atoms with Gasteiger partial charge in [-0.05, 0) is 37.5 Å². The number of nitrogens with zero attached hydrogens (tertiary/aromatic N) is 1. The summed E-state index contributed by atoms with van der Waals surface area (Å²) in [7, 11) is 0. The van der Waals surface area contributed by atoms with E-state index in [1.54, 1.807) is 12.1 Å². The van der Waals surface area contributed by atoms with Gasteiger partial charge in [-0.3, -0.25) is 4.79 Å². The van der Waals surface area contributed by atoms with Gasteiger partial charge in [0.2, 0.25) is 0 Å². The first-order valence-electron chi connectivity index (χ1n) is 7.17. The second-order valence-electron chi connectivity index (χ2n) is 5.22. The Hall–Kier alpha value is -1.75. The Bertz CT molecular complexity index is 476. The number of hydrogen-bond donors (Lipinski definition) is 2. The van der Waals surface area contributed by atoms with Gasteiger partial charge in [-0.2, -0.15) is 0 Å². The van der Waals surface area contributed by atoms with Gasteiger partial charge >= 0.3 is 0 Å². The molecule has 110 valence electrons. The zero-order valence-electron chi connectivity index (χ0n) is 12.0. The highest BCUT2D eigenvalue weighted by atomic mass is 16.5. The maximum Gasteiger partial charge on any atom is 0.250 e. The largest absolute Gasteiger partial charge is 0.398 e. The van der Waals surface area contributed by atoms with Crippen molar-refractivity contribution in [3.8, 4) is 0 Å². The fraction of sp³-hybridized carbons (Fsp3) is 0.533. The van der Waals surface area contributed by atoms with Gasteiger partial charge in [0.1, 0.15) is 0 Å². The van der Waals surface area contributed by atoms with Crippen LogP contribution >= 0.6 is 0 Å². The third kappa shape index (κ3) is 3.42. The molecule has 0 radical (unpaired) electrons. The summed E-state index contributed by atoms with van der Waals surface area (Å²) >= 11 is 0. The van der Waals surface area contributed by atoms with Crippen molar-refractivity contribution in [2.24, 2.45) is 5.73 Å². The number of ether oxygens (including phenoxy) is 1. The van der Waals surface area contributed by atoms with Crippen LogP contribution in [0.4, 0.5) is 11.4 Å². The SMILES string of the molecule is CCCOC1CCCN(c2ccc(N)c(C(N)=O)c2)C1. The van der Waals surface area contributed by atoms with Gasteiger partial charge in [-0.25, -0.2) is 0 Å². The predicted octanol–water partition coefficient (Wildman–Crippen LogP) is 1.76. The lowest BCUT2D eigenvalue weighted by molar-refractivity contribution is 0.0440. The first kappa shape index (κ1) is 14.7. The predicted molar refractivity (Wildman–Crippen MR) is 80.9 cm³/mol. The zero-order chi connectivity index (χ0) is 14.5. The molecule has 1 heterocycles. The first-order chi connectivity index (χ1) is 9.61. The van der Waals surface area contributed by atoms with Crippen molar-refractivity contribution < 1.29 is 9.53 Å². The van der Waals surface area contributed by atoms with Crippen LogP contribution in [0.25, 0.3) is 0 Å². The Morgan fingerprint density at radius 2 is 2.30 bits per heavy atom. The minimum Gasteiger partial charge on any atom is -0.398 e. The van der Waals surface area contributed by atoms with E-state index in [0.717, 1.165) is 44.6 Å². The molecule has 20 heavy (non-hydrogen) atoms. The summed E-state index contributed by atoms with van der Waals surface area (Å²) in [6, 6.07) is 5.45. The van der Waals surface area contributed by atoms with Crippen LogP contribution in [0.15, 0.2) is 18.2 Å². The number of rotatable bonds is 5.